The van der Waals surface area contributed by atoms with Gasteiger partial charge in [-0.1, -0.05) is 12.8 Å². The Kier molecular flexibility index (Phi) is 11.9. The molecule has 0 heterocycles. The molecule has 0 aromatic rings. The molecule has 1 fully saturated rings. The van der Waals surface area contributed by atoms with E-state index in [9.17, 15) is 0 Å². The monoisotopic (exact) mass is 356 g/mol. The third-order valence-corrected chi connectivity index (χ3v) is 5.02. The average Bonchev–Trinajstić information content (AvgIpc) is 3.07. The Balaban J connectivity index is 2.46. The highest BCUT2D eigenvalue weighted by molar-refractivity contribution is 5.79. The van der Waals surface area contributed by atoms with E-state index in [0.717, 1.165) is 64.9 Å². The van der Waals surface area contributed by atoms with Crippen molar-refractivity contribution in [1.82, 2.24) is 15.5 Å². The molecule has 0 amide bonds. The maximum absolute atomic E-state index is 5.60. The Morgan fingerprint density at radius 1 is 1.12 bits per heavy atom. The molecule has 0 aliphatic heterocycles. The molecule has 2 N–H and O–H groups in total. The summed E-state index contributed by atoms with van der Waals surface area (Å²) in [5.74, 6) is 0.935. The van der Waals surface area contributed by atoms with Crippen LogP contribution in [0.2, 0.25) is 0 Å². The van der Waals surface area contributed by atoms with E-state index in [1.165, 1.54) is 25.7 Å². The minimum atomic E-state index is 0.340. The summed E-state index contributed by atoms with van der Waals surface area (Å²) in [6.07, 6.45) is 6.35. The van der Waals surface area contributed by atoms with Gasteiger partial charge in [0.05, 0.1) is 6.61 Å². The van der Waals surface area contributed by atoms with E-state index in [4.69, 9.17) is 14.5 Å². The molecule has 0 aromatic carbocycles. The van der Waals surface area contributed by atoms with E-state index in [0.29, 0.717) is 5.41 Å². The second kappa shape index (κ2) is 13.4. The summed E-state index contributed by atoms with van der Waals surface area (Å²) in [4.78, 5) is 7.17. The molecule has 6 heteroatoms. The van der Waals surface area contributed by atoms with Gasteiger partial charge < -0.3 is 25.0 Å². The molecular weight excluding hydrogens is 316 g/mol. The fraction of sp³-hybridized carbons (Fsp3) is 0.947. The van der Waals surface area contributed by atoms with Crippen molar-refractivity contribution in [2.75, 3.05) is 66.7 Å². The number of guanidine groups is 1. The van der Waals surface area contributed by atoms with Crippen LogP contribution in [0.4, 0.5) is 0 Å². The van der Waals surface area contributed by atoms with Crippen LogP contribution in [-0.4, -0.2) is 77.6 Å². The Morgan fingerprint density at radius 3 is 2.52 bits per heavy atom. The Morgan fingerprint density at radius 2 is 1.88 bits per heavy atom. The first-order valence-corrected chi connectivity index (χ1v) is 9.93. The number of ether oxygens (including phenoxy) is 2. The zero-order chi connectivity index (χ0) is 18.4. The van der Waals surface area contributed by atoms with Crippen LogP contribution >= 0.6 is 0 Å². The lowest BCUT2D eigenvalue weighted by atomic mass is 9.83. The topological polar surface area (TPSA) is 58.1 Å². The normalized spacial score (nSPS) is 17.2. The minimum Gasteiger partial charge on any atom is -0.383 e. The number of methoxy groups -OCH3 is 1. The number of likely N-dealkylation sites (N-methyl/N-ethyl adjacent to an activating group) is 1. The number of nitrogens with one attached hydrogen (secondary N) is 2. The van der Waals surface area contributed by atoms with E-state index >= 15 is 0 Å². The van der Waals surface area contributed by atoms with Crippen molar-refractivity contribution in [3.63, 3.8) is 0 Å². The fourth-order valence-electron chi connectivity index (χ4n) is 3.36. The molecule has 0 saturated heterocycles. The summed E-state index contributed by atoms with van der Waals surface area (Å²) in [7, 11) is 3.86. The molecule has 1 rings (SSSR count). The van der Waals surface area contributed by atoms with Crippen LogP contribution in [0, 0.1) is 5.41 Å². The first-order valence-electron chi connectivity index (χ1n) is 9.93. The number of rotatable bonds is 13. The van der Waals surface area contributed by atoms with Crippen molar-refractivity contribution < 1.29 is 9.47 Å². The van der Waals surface area contributed by atoms with E-state index < -0.39 is 0 Å². The first kappa shape index (κ1) is 22.2. The van der Waals surface area contributed by atoms with Crippen LogP contribution < -0.4 is 10.6 Å². The Labute approximate surface area is 154 Å². The highest BCUT2D eigenvalue weighted by Crippen LogP contribution is 2.41. The summed E-state index contributed by atoms with van der Waals surface area (Å²) in [5, 5.41) is 6.83. The standard InChI is InChI=1S/C19H40N4O2/c1-5-20-18(21-12-13-23(3)14-16-24-4)22-17-19(9-7-8-10-19)11-15-25-6-2/h5-17H2,1-4H3,(H2,20,21,22). The average molecular weight is 357 g/mol. The van der Waals surface area contributed by atoms with Crippen LogP contribution in [0.25, 0.3) is 0 Å². The van der Waals surface area contributed by atoms with E-state index in [2.05, 4.69) is 36.4 Å². The van der Waals surface area contributed by atoms with E-state index in [1.807, 2.05) is 0 Å². The molecule has 0 aromatic heterocycles. The summed E-state index contributed by atoms with van der Waals surface area (Å²) in [6.45, 7) is 11.2. The lowest BCUT2D eigenvalue weighted by Gasteiger charge is -2.27. The molecular formula is C19H40N4O2. The van der Waals surface area contributed by atoms with Crippen molar-refractivity contribution in [1.29, 1.82) is 0 Å². The highest BCUT2D eigenvalue weighted by Gasteiger charge is 2.33. The lowest BCUT2D eigenvalue weighted by molar-refractivity contribution is 0.107. The zero-order valence-electron chi connectivity index (χ0n) is 16.9. The van der Waals surface area contributed by atoms with Crippen LogP contribution in [0.1, 0.15) is 46.0 Å². The van der Waals surface area contributed by atoms with Crippen molar-refractivity contribution in [3.8, 4) is 0 Å². The number of aliphatic imine (C=N–C) groups is 1. The second-order valence-electron chi connectivity index (χ2n) is 7.07. The molecule has 0 spiro atoms. The summed E-state index contributed by atoms with van der Waals surface area (Å²) in [5.41, 5.74) is 0.340. The van der Waals surface area contributed by atoms with Gasteiger partial charge >= 0.3 is 0 Å². The Hall–Kier alpha value is -0.850. The number of hydrogen-bond acceptors (Lipinski definition) is 4. The predicted octanol–water partition coefficient (Wildman–Crippen LogP) is 2.11. The van der Waals surface area contributed by atoms with Crippen molar-refractivity contribution >= 4 is 5.96 Å². The van der Waals surface area contributed by atoms with Crippen molar-refractivity contribution in [2.24, 2.45) is 10.4 Å². The molecule has 0 radical (unpaired) electrons. The highest BCUT2D eigenvalue weighted by atomic mass is 16.5. The van der Waals surface area contributed by atoms with Gasteiger partial charge in [0.1, 0.15) is 0 Å². The molecule has 1 saturated carbocycles. The second-order valence-corrected chi connectivity index (χ2v) is 7.07. The molecule has 1 aliphatic carbocycles. The van der Waals surface area contributed by atoms with Gasteiger partial charge in [-0.3, -0.25) is 4.99 Å². The smallest absolute Gasteiger partial charge is 0.191 e. The molecule has 1 aliphatic rings. The van der Waals surface area contributed by atoms with Crippen molar-refractivity contribution in [2.45, 2.75) is 46.0 Å². The minimum absolute atomic E-state index is 0.340. The largest absolute Gasteiger partial charge is 0.383 e. The van der Waals surface area contributed by atoms with Crippen LogP contribution in [-0.2, 0) is 9.47 Å². The van der Waals surface area contributed by atoms with Gasteiger partial charge in [0, 0.05) is 53.0 Å². The molecule has 0 atom stereocenters. The van der Waals surface area contributed by atoms with Gasteiger partial charge in [-0.05, 0) is 45.6 Å². The third kappa shape index (κ3) is 9.42. The number of hydrogen-bond donors (Lipinski definition) is 2. The van der Waals surface area contributed by atoms with E-state index in [1.54, 1.807) is 7.11 Å². The zero-order valence-corrected chi connectivity index (χ0v) is 16.9. The Bertz CT molecular complexity index is 357. The summed E-state index contributed by atoms with van der Waals surface area (Å²) >= 11 is 0. The maximum Gasteiger partial charge on any atom is 0.191 e. The molecule has 0 unspecified atom stereocenters. The van der Waals surface area contributed by atoms with Gasteiger partial charge in [0.15, 0.2) is 5.96 Å². The van der Waals surface area contributed by atoms with Gasteiger partial charge in [-0.2, -0.15) is 0 Å². The van der Waals surface area contributed by atoms with E-state index in [-0.39, 0.29) is 0 Å². The van der Waals surface area contributed by atoms with Gasteiger partial charge in [0.25, 0.3) is 0 Å². The van der Waals surface area contributed by atoms with Gasteiger partial charge in [-0.25, -0.2) is 0 Å². The summed E-state index contributed by atoms with van der Waals surface area (Å²) < 4.78 is 10.7. The molecule has 6 nitrogen and oxygen atoms in total. The molecule has 148 valence electrons. The molecule has 0 bridgehead atoms. The van der Waals surface area contributed by atoms with Crippen molar-refractivity contribution in [3.05, 3.63) is 0 Å². The van der Waals surface area contributed by atoms with Crippen LogP contribution in [0.3, 0.4) is 0 Å². The number of nitrogens with zero attached hydrogens (tertiary/aromatic N) is 2. The van der Waals surface area contributed by atoms with Crippen LogP contribution in [0.15, 0.2) is 4.99 Å². The quantitative estimate of drug-likeness (QED) is 0.301. The van der Waals surface area contributed by atoms with Gasteiger partial charge in [0.2, 0.25) is 0 Å². The summed E-state index contributed by atoms with van der Waals surface area (Å²) in [6, 6.07) is 0. The lowest BCUT2D eigenvalue weighted by Crippen LogP contribution is -2.42. The predicted molar refractivity (Wildman–Crippen MR) is 105 cm³/mol. The third-order valence-electron chi connectivity index (χ3n) is 5.02. The molecule has 25 heavy (non-hydrogen) atoms. The van der Waals surface area contributed by atoms with Gasteiger partial charge in [-0.15, -0.1) is 0 Å². The fourth-order valence-corrected chi connectivity index (χ4v) is 3.36. The first-order chi connectivity index (χ1) is 12.2. The maximum atomic E-state index is 5.60. The SMILES string of the molecule is CCNC(=NCC1(CCOCC)CCCC1)NCCN(C)CCOC. The van der Waals surface area contributed by atoms with Crippen LogP contribution in [0.5, 0.6) is 0 Å².